The van der Waals surface area contributed by atoms with Crippen molar-refractivity contribution < 1.29 is 14.3 Å². The van der Waals surface area contributed by atoms with Gasteiger partial charge in [-0.1, -0.05) is 24.6 Å². The van der Waals surface area contributed by atoms with E-state index in [1.807, 2.05) is 32.0 Å². The van der Waals surface area contributed by atoms with E-state index in [9.17, 15) is 4.79 Å². The number of thioether (sulfide) groups is 1. The summed E-state index contributed by atoms with van der Waals surface area (Å²) in [4.78, 5) is 21.3. The Hall–Kier alpha value is -1.70. The van der Waals surface area contributed by atoms with E-state index >= 15 is 0 Å². The molecule has 0 aliphatic carbocycles. The van der Waals surface area contributed by atoms with Gasteiger partial charge in [0.1, 0.15) is 16.7 Å². The summed E-state index contributed by atoms with van der Waals surface area (Å²) in [5, 5.41) is 2.95. The van der Waals surface area contributed by atoms with E-state index < -0.39 is 0 Å². The Morgan fingerprint density at radius 1 is 1.26 bits per heavy atom. The second-order valence-electron chi connectivity index (χ2n) is 5.62. The zero-order chi connectivity index (χ0) is 20.0. The lowest BCUT2D eigenvalue weighted by atomic mass is 10.1. The molecule has 2 aromatic rings. The van der Waals surface area contributed by atoms with E-state index in [0.717, 1.165) is 5.56 Å². The highest BCUT2D eigenvalue weighted by Gasteiger charge is 2.24. The van der Waals surface area contributed by atoms with Gasteiger partial charge < -0.3 is 14.8 Å². The molecular formula is C18H21Cl2N3O3S. The number of ether oxygens (including phenoxy) is 2. The molecule has 6 nitrogen and oxygen atoms in total. The molecule has 0 saturated carbocycles. The second-order valence-corrected chi connectivity index (χ2v) is 7.56. The van der Waals surface area contributed by atoms with E-state index in [1.54, 1.807) is 14.2 Å². The molecule has 0 unspecified atom stereocenters. The first-order chi connectivity index (χ1) is 12.9. The summed E-state index contributed by atoms with van der Waals surface area (Å²) in [5.74, 6) is 1.17. The van der Waals surface area contributed by atoms with Gasteiger partial charge in [-0.3, -0.25) is 4.79 Å². The maximum atomic E-state index is 12.8. The van der Waals surface area contributed by atoms with E-state index in [2.05, 4.69) is 15.3 Å². The third-order valence-electron chi connectivity index (χ3n) is 3.87. The fourth-order valence-electron chi connectivity index (χ4n) is 2.57. The molecule has 0 radical (unpaired) electrons. The lowest BCUT2D eigenvalue weighted by molar-refractivity contribution is -0.121. The number of nitrogens with one attached hydrogen (secondary N) is 1. The van der Waals surface area contributed by atoms with Crippen molar-refractivity contribution in [3.8, 4) is 11.5 Å². The Morgan fingerprint density at radius 2 is 1.89 bits per heavy atom. The minimum absolute atomic E-state index is 0.0683. The van der Waals surface area contributed by atoms with Crippen LogP contribution in [0.4, 0.5) is 0 Å². The third kappa shape index (κ3) is 5.40. The fraction of sp³-hybridized carbons (Fsp3) is 0.389. The van der Waals surface area contributed by atoms with Crippen LogP contribution in [0.2, 0.25) is 10.4 Å². The molecule has 0 bridgehead atoms. The van der Waals surface area contributed by atoms with Crippen molar-refractivity contribution in [1.82, 2.24) is 15.3 Å². The molecule has 1 N–H and O–H groups in total. The molecule has 1 amide bonds. The van der Waals surface area contributed by atoms with Gasteiger partial charge in [-0.2, -0.15) is 0 Å². The fourth-order valence-corrected chi connectivity index (χ4v) is 3.91. The predicted molar refractivity (Wildman–Crippen MR) is 108 cm³/mol. The number of carbonyl (C=O) groups excluding carboxylic acids is 1. The maximum Gasteiger partial charge on any atom is 0.233 e. The molecule has 0 aliphatic heterocycles. The monoisotopic (exact) mass is 429 g/mol. The van der Waals surface area contributed by atoms with Gasteiger partial charge in [0.05, 0.1) is 36.0 Å². The number of methoxy groups -OCH3 is 2. The normalized spacial score (nSPS) is 13.0. The largest absolute Gasteiger partial charge is 0.496 e. The number of amides is 1. The standard InChI is InChI=1S/C18H21Cl2N3O3S/c1-5-13(27-14-9-21-18(20)23-16(14)19)17(24)22-10(2)15-11(25-3)7-6-8-12(15)26-4/h6-10,13H,5H2,1-4H3,(H,22,24)/t10-,13+/m0/s1. The Morgan fingerprint density at radius 3 is 2.41 bits per heavy atom. The Balaban J connectivity index is 2.17. The average Bonchev–Trinajstić information content (AvgIpc) is 2.66. The van der Waals surface area contributed by atoms with Crippen LogP contribution >= 0.6 is 35.0 Å². The molecule has 146 valence electrons. The molecule has 2 rings (SSSR count). The van der Waals surface area contributed by atoms with E-state index in [4.69, 9.17) is 32.7 Å². The number of nitrogens with zero attached hydrogens (tertiary/aromatic N) is 2. The minimum Gasteiger partial charge on any atom is -0.496 e. The summed E-state index contributed by atoms with van der Waals surface area (Å²) in [6.45, 7) is 3.81. The summed E-state index contributed by atoms with van der Waals surface area (Å²) in [7, 11) is 3.17. The van der Waals surface area contributed by atoms with Gasteiger partial charge in [0.25, 0.3) is 0 Å². The topological polar surface area (TPSA) is 73.3 Å². The predicted octanol–water partition coefficient (Wildman–Crippen LogP) is 4.55. The summed E-state index contributed by atoms with van der Waals surface area (Å²) in [5.41, 5.74) is 0.781. The Kier molecular flexibility index (Phi) is 8.01. The van der Waals surface area contributed by atoms with Crippen LogP contribution in [0.1, 0.15) is 31.9 Å². The van der Waals surface area contributed by atoms with Crippen LogP contribution in [0.5, 0.6) is 11.5 Å². The van der Waals surface area contributed by atoms with Crippen LogP contribution in [0.25, 0.3) is 0 Å². The lowest BCUT2D eigenvalue weighted by Crippen LogP contribution is -2.34. The maximum absolute atomic E-state index is 12.8. The van der Waals surface area contributed by atoms with Gasteiger partial charge in [0.2, 0.25) is 11.2 Å². The number of benzene rings is 1. The van der Waals surface area contributed by atoms with Gasteiger partial charge >= 0.3 is 0 Å². The van der Waals surface area contributed by atoms with E-state index in [-0.39, 0.29) is 27.6 Å². The van der Waals surface area contributed by atoms with E-state index in [1.165, 1.54) is 18.0 Å². The highest BCUT2D eigenvalue weighted by atomic mass is 35.5. The van der Waals surface area contributed by atoms with Crippen LogP contribution < -0.4 is 14.8 Å². The van der Waals surface area contributed by atoms with Gasteiger partial charge in [-0.15, -0.1) is 11.8 Å². The Labute approximate surface area is 173 Å². The van der Waals surface area contributed by atoms with Crippen molar-refractivity contribution in [1.29, 1.82) is 0 Å². The number of rotatable bonds is 8. The Bertz CT molecular complexity index is 785. The molecule has 1 heterocycles. The van der Waals surface area contributed by atoms with Crippen molar-refractivity contribution in [3.63, 3.8) is 0 Å². The van der Waals surface area contributed by atoms with Crippen LogP contribution in [-0.2, 0) is 4.79 Å². The molecule has 1 aromatic heterocycles. The van der Waals surface area contributed by atoms with Crippen molar-refractivity contribution >= 4 is 40.9 Å². The molecule has 0 spiro atoms. The first kappa shape index (κ1) is 21.6. The zero-order valence-corrected chi connectivity index (χ0v) is 17.8. The summed E-state index contributed by atoms with van der Waals surface area (Å²) in [6.07, 6.45) is 2.12. The zero-order valence-electron chi connectivity index (χ0n) is 15.5. The number of hydrogen-bond donors (Lipinski definition) is 1. The third-order valence-corrected chi connectivity index (χ3v) is 5.84. The van der Waals surface area contributed by atoms with Crippen LogP contribution in [0, 0.1) is 0 Å². The SMILES string of the molecule is CC[C@@H](Sc1cnc(Cl)nc1Cl)C(=O)N[C@@H](C)c1c(OC)cccc1OC. The molecule has 0 saturated heterocycles. The highest BCUT2D eigenvalue weighted by molar-refractivity contribution is 8.00. The van der Waals surface area contributed by atoms with Crippen LogP contribution in [0.3, 0.4) is 0 Å². The molecule has 0 fully saturated rings. The first-order valence-corrected chi connectivity index (χ1v) is 9.90. The van der Waals surface area contributed by atoms with Gasteiger partial charge in [0.15, 0.2) is 0 Å². The molecule has 1 aromatic carbocycles. The number of hydrogen-bond acceptors (Lipinski definition) is 6. The number of halogens is 2. The summed E-state index contributed by atoms with van der Waals surface area (Å²) in [6, 6.07) is 5.19. The minimum atomic E-state index is -0.365. The summed E-state index contributed by atoms with van der Waals surface area (Å²) >= 11 is 13.1. The first-order valence-electron chi connectivity index (χ1n) is 8.27. The van der Waals surface area contributed by atoms with Crippen molar-refractivity contribution in [3.05, 3.63) is 40.4 Å². The van der Waals surface area contributed by atoms with Crippen LogP contribution in [0.15, 0.2) is 29.3 Å². The second kappa shape index (κ2) is 10.0. The number of aromatic nitrogens is 2. The van der Waals surface area contributed by atoms with Gasteiger partial charge in [-0.05, 0) is 37.1 Å². The highest BCUT2D eigenvalue weighted by Crippen LogP contribution is 2.35. The molecular weight excluding hydrogens is 409 g/mol. The van der Waals surface area contributed by atoms with Crippen molar-refractivity contribution in [2.24, 2.45) is 0 Å². The summed E-state index contributed by atoms with van der Waals surface area (Å²) < 4.78 is 10.8. The lowest BCUT2D eigenvalue weighted by Gasteiger charge is -2.22. The molecule has 2 atom stereocenters. The molecule has 27 heavy (non-hydrogen) atoms. The van der Waals surface area contributed by atoms with E-state index in [0.29, 0.717) is 22.8 Å². The van der Waals surface area contributed by atoms with Crippen molar-refractivity contribution in [2.75, 3.05) is 14.2 Å². The van der Waals surface area contributed by atoms with Crippen molar-refractivity contribution in [2.45, 2.75) is 36.5 Å². The smallest absolute Gasteiger partial charge is 0.233 e. The van der Waals surface area contributed by atoms with Gasteiger partial charge in [-0.25, -0.2) is 9.97 Å². The quantitative estimate of drug-likeness (QED) is 0.376. The molecule has 0 aliphatic rings. The molecule has 9 heteroatoms. The average molecular weight is 430 g/mol. The number of carbonyl (C=O) groups is 1. The van der Waals surface area contributed by atoms with Gasteiger partial charge in [0, 0.05) is 6.20 Å². The van der Waals surface area contributed by atoms with Crippen LogP contribution in [-0.4, -0.2) is 35.3 Å².